The highest BCUT2D eigenvalue weighted by molar-refractivity contribution is 5.86. The highest BCUT2D eigenvalue weighted by Gasteiger charge is 2.31. The van der Waals surface area contributed by atoms with E-state index in [1.807, 2.05) is 0 Å². The lowest BCUT2D eigenvalue weighted by molar-refractivity contribution is -0.127. The Labute approximate surface area is 74.5 Å². The first-order chi connectivity index (χ1) is 5.66. The summed E-state index contributed by atoms with van der Waals surface area (Å²) < 4.78 is 0. The highest BCUT2D eigenvalue weighted by atomic mass is 16.1. The van der Waals surface area contributed by atoms with Crippen molar-refractivity contribution in [3.8, 4) is 0 Å². The summed E-state index contributed by atoms with van der Waals surface area (Å²) in [5.41, 5.74) is 5.83. The molecule has 1 fully saturated rings. The molecule has 1 rings (SSSR count). The average molecular weight is 169 g/mol. The third-order valence-electron chi connectivity index (χ3n) is 3.09. The normalized spacial score (nSPS) is 22.9. The molecular weight excluding hydrogens is 150 g/mol. The predicted octanol–water partition coefficient (Wildman–Crippen LogP) is 1.73. The van der Waals surface area contributed by atoms with Crippen LogP contribution in [0.25, 0.3) is 0 Å². The molecule has 1 aliphatic rings. The summed E-state index contributed by atoms with van der Waals surface area (Å²) >= 11 is 0. The van der Waals surface area contributed by atoms with Gasteiger partial charge in [-0.05, 0) is 18.8 Å². The van der Waals surface area contributed by atoms with Crippen LogP contribution in [0.1, 0.15) is 39.5 Å². The third-order valence-corrected chi connectivity index (χ3v) is 3.09. The van der Waals surface area contributed by atoms with Gasteiger partial charge in [0.05, 0.1) is 6.04 Å². The molecule has 1 aliphatic carbocycles. The smallest absolute Gasteiger partial charge is 0.152 e. The minimum absolute atomic E-state index is 0.208. The summed E-state index contributed by atoms with van der Waals surface area (Å²) in [6, 6.07) is -0.208. The van der Waals surface area contributed by atoms with Crippen LogP contribution in [0.5, 0.6) is 0 Å². The van der Waals surface area contributed by atoms with E-state index in [0.717, 1.165) is 19.3 Å². The van der Waals surface area contributed by atoms with Crippen molar-refractivity contribution in [1.29, 1.82) is 0 Å². The van der Waals surface area contributed by atoms with Gasteiger partial charge in [-0.3, -0.25) is 4.79 Å². The van der Waals surface area contributed by atoms with Gasteiger partial charge >= 0.3 is 0 Å². The molecule has 0 amide bonds. The molecule has 0 spiro atoms. The molecule has 2 unspecified atom stereocenters. The van der Waals surface area contributed by atoms with E-state index in [1.54, 1.807) is 0 Å². The number of carbonyl (C=O) groups excluding carboxylic acids is 1. The van der Waals surface area contributed by atoms with Gasteiger partial charge in [0.1, 0.15) is 0 Å². The Hall–Kier alpha value is -0.370. The molecule has 0 heterocycles. The van der Waals surface area contributed by atoms with Gasteiger partial charge in [0.15, 0.2) is 5.78 Å². The molecule has 0 radical (unpaired) electrons. The van der Waals surface area contributed by atoms with Gasteiger partial charge in [0, 0.05) is 5.92 Å². The topological polar surface area (TPSA) is 43.1 Å². The van der Waals surface area contributed by atoms with Crippen LogP contribution < -0.4 is 5.73 Å². The largest absolute Gasteiger partial charge is 0.321 e. The van der Waals surface area contributed by atoms with E-state index < -0.39 is 0 Å². The Balaban J connectivity index is 2.39. The van der Waals surface area contributed by atoms with E-state index in [0.29, 0.717) is 17.6 Å². The molecule has 1 saturated carbocycles. The van der Waals surface area contributed by atoms with Crippen molar-refractivity contribution in [2.75, 3.05) is 0 Å². The molecule has 0 aromatic carbocycles. The van der Waals surface area contributed by atoms with E-state index in [2.05, 4.69) is 13.8 Å². The number of nitrogens with two attached hydrogens (primary N) is 1. The van der Waals surface area contributed by atoms with Crippen molar-refractivity contribution in [3.05, 3.63) is 0 Å². The molecule has 70 valence electrons. The minimum atomic E-state index is -0.208. The zero-order valence-electron chi connectivity index (χ0n) is 8.05. The zero-order valence-corrected chi connectivity index (χ0v) is 8.05. The molecule has 0 aromatic heterocycles. The van der Waals surface area contributed by atoms with E-state index in [1.165, 1.54) is 6.42 Å². The first-order valence-corrected chi connectivity index (χ1v) is 4.96. The second-order valence-electron chi connectivity index (χ2n) is 3.94. The van der Waals surface area contributed by atoms with E-state index in [4.69, 9.17) is 5.73 Å². The minimum Gasteiger partial charge on any atom is -0.321 e. The second-order valence-corrected chi connectivity index (χ2v) is 3.94. The number of Topliss-reactive ketones (excluding diaryl/α,β-unsaturated/α-hetero) is 1. The third kappa shape index (κ3) is 1.86. The lowest BCUT2D eigenvalue weighted by atomic mass is 9.77. The summed E-state index contributed by atoms with van der Waals surface area (Å²) in [7, 11) is 0. The lowest BCUT2D eigenvalue weighted by Gasteiger charge is -2.28. The Bertz CT molecular complexity index is 163. The molecule has 0 aromatic rings. The van der Waals surface area contributed by atoms with Crippen molar-refractivity contribution in [3.63, 3.8) is 0 Å². The fourth-order valence-corrected chi connectivity index (χ4v) is 1.50. The maximum Gasteiger partial charge on any atom is 0.152 e. The van der Waals surface area contributed by atoms with Crippen molar-refractivity contribution in [1.82, 2.24) is 0 Å². The van der Waals surface area contributed by atoms with Crippen LogP contribution >= 0.6 is 0 Å². The van der Waals surface area contributed by atoms with E-state index >= 15 is 0 Å². The van der Waals surface area contributed by atoms with Crippen LogP contribution in [0, 0.1) is 11.8 Å². The zero-order chi connectivity index (χ0) is 9.14. The molecule has 2 N–H and O–H groups in total. The van der Waals surface area contributed by atoms with Crippen LogP contribution in [0.4, 0.5) is 0 Å². The van der Waals surface area contributed by atoms with Gasteiger partial charge in [0.25, 0.3) is 0 Å². The summed E-state index contributed by atoms with van der Waals surface area (Å²) in [4.78, 5) is 11.6. The molecular formula is C10H19NO. The summed E-state index contributed by atoms with van der Waals surface area (Å²) in [5, 5.41) is 0. The van der Waals surface area contributed by atoms with Crippen LogP contribution in [-0.2, 0) is 4.79 Å². The molecule has 12 heavy (non-hydrogen) atoms. The number of carbonyl (C=O) groups is 1. The van der Waals surface area contributed by atoms with Crippen molar-refractivity contribution in [2.45, 2.75) is 45.6 Å². The number of hydrogen-bond acceptors (Lipinski definition) is 2. The Morgan fingerprint density at radius 3 is 2.50 bits per heavy atom. The summed E-state index contributed by atoms with van der Waals surface area (Å²) in [6.45, 7) is 4.14. The van der Waals surface area contributed by atoms with Crippen LogP contribution in [0.2, 0.25) is 0 Å². The monoisotopic (exact) mass is 169 g/mol. The predicted molar refractivity (Wildman–Crippen MR) is 49.8 cm³/mol. The average Bonchev–Trinajstić information content (AvgIpc) is 1.98. The van der Waals surface area contributed by atoms with Crippen LogP contribution in [0.3, 0.4) is 0 Å². The summed E-state index contributed by atoms with van der Waals surface area (Å²) in [5.74, 6) is 0.947. The van der Waals surface area contributed by atoms with Gasteiger partial charge in [-0.2, -0.15) is 0 Å². The highest BCUT2D eigenvalue weighted by Crippen LogP contribution is 2.29. The number of rotatable bonds is 4. The fourth-order valence-electron chi connectivity index (χ4n) is 1.50. The second kappa shape index (κ2) is 4.04. The van der Waals surface area contributed by atoms with Crippen molar-refractivity contribution < 1.29 is 4.79 Å². The van der Waals surface area contributed by atoms with Crippen molar-refractivity contribution in [2.24, 2.45) is 17.6 Å². The standard InChI is InChI=1S/C10H19NO/c1-3-7(2)9(11)10(12)8-5-4-6-8/h7-9H,3-6,11H2,1-2H3. The van der Waals surface area contributed by atoms with Gasteiger partial charge in [0.2, 0.25) is 0 Å². The maximum atomic E-state index is 11.6. The first kappa shape index (κ1) is 9.72. The Kier molecular flexibility index (Phi) is 3.27. The number of hydrogen-bond donors (Lipinski definition) is 1. The summed E-state index contributed by atoms with van der Waals surface area (Å²) in [6.07, 6.45) is 4.36. The Morgan fingerprint density at radius 1 is 1.58 bits per heavy atom. The quantitative estimate of drug-likeness (QED) is 0.696. The van der Waals surface area contributed by atoms with Gasteiger partial charge in [-0.15, -0.1) is 0 Å². The van der Waals surface area contributed by atoms with E-state index in [9.17, 15) is 4.79 Å². The van der Waals surface area contributed by atoms with Gasteiger partial charge in [-0.1, -0.05) is 26.7 Å². The fraction of sp³-hybridized carbons (Fsp3) is 0.900. The molecule has 0 aliphatic heterocycles. The first-order valence-electron chi connectivity index (χ1n) is 4.96. The SMILES string of the molecule is CCC(C)C(N)C(=O)C1CCC1. The molecule has 0 bridgehead atoms. The van der Waals surface area contributed by atoms with Crippen LogP contribution in [-0.4, -0.2) is 11.8 Å². The molecule has 2 heteroatoms. The van der Waals surface area contributed by atoms with E-state index in [-0.39, 0.29) is 6.04 Å². The molecule has 0 saturated heterocycles. The van der Waals surface area contributed by atoms with Gasteiger partial charge < -0.3 is 5.73 Å². The Morgan fingerprint density at radius 2 is 2.17 bits per heavy atom. The molecule has 2 nitrogen and oxygen atoms in total. The lowest BCUT2D eigenvalue weighted by Crippen LogP contribution is -2.42. The molecule has 2 atom stereocenters. The number of ketones is 1. The maximum absolute atomic E-state index is 11.6. The van der Waals surface area contributed by atoms with Crippen molar-refractivity contribution >= 4 is 5.78 Å². The van der Waals surface area contributed by atoms with Gasteiger partial charge in [-0.25, -0.2) is 0 Å². The van der Waals surface area contributed by atoms with Crippen LogP contribution in [0.15, 0.2) is 0 Å².